The van der Waals surface area contributed by atoms with E-state index in [1.807, 2.05) is 0 Å². The first kappa shape index (κ1) is 13.2. The molecule has 0 rings (SSSR count). The van der Waals surface area contributed by atoms with Crippen molar-refractivity contribution in [3.8, 4) is 0 Å². The average molecular weight is 217 g/mol. The highest BCUT2D eigenvalue weighted by molar-refractivity contribution is 5.83. The molecule has 15 heavy (non-hydrogen) atoms. The third-order valence-electron chi connectivity index (χ3n) is 1.68. The third kappa shape index (κ3) is 5.50. The van der Waals surface area contributed by atoms with E-state index in [0.717, 1.165) is 0 Å². The zero-order valence-electron chi connectivity index (χ0n) is 8.69. The lowest BCUT2D eigenvalue weighted by molar-refractivity contribution is -0.139. The Morgan fingerprint density at radius 2 is 1.93 bits per heavy atom. The Labute approximate surface area is 87.2 Å². The molecule has 0 saturated heterocycles. The number of carboxylic acid groups (broad SMARTS) is 1. The first-order valence-corrected chi connectivity index (χ1v) is 4.33. The minimum atomic E-state index is -1.19. The molecular weight excluding hydrogens is 202 g/mol. The van der Waals surface area contributed by atoms with E-state index in [1.165, 1.54) is 19.0 Å². The molecule has 0 radical (unpaired) electrons. The highest BCUT2D eigenvalue weighted by Gasteiger charge is 2.20. The molecule has 0 aromatic carbocycles. The summed E-state index contributed by atoms with van der Waals surface area (Å²) in [6, 6.07) is -1.61. The highest BCUT2D eigenvalue weighted by atomic mass is 16.4. The number of hydrogen-bond acceptors (Lipinski definition) is 3. The summed E-state index contributed by atoms with van der Waals surface area (Å²) < 4.78 is 0. The van der Waals surface area contributed by atoms with Crippen LogP contribution in [0.1, 0.15) is 12.8 Å². The standard InChI is InChI=1S/C8H15N3O4/c1-11(2)8(15)10-5(7(13)14)3-4-6(9)12/h5H,3-4H2,1-2H3,(H2,9,12)(H,10,15)(H,13,14)/t5-/m1/s1. The maximum absolute atomic E-state index is 11.1. The number of primary amides is 1. The summed E-state index contributed by atoms with van der Waals surface area (Å²) in [5.41, 5.74) is 4.88. The van der Waals surface area contributed by atoms with E-state index < -0.39 is 23.9 Å². The smallest absolute Gasteiger partial charge is 0.326 e. The second kappa shape index (κ2) is 5.84. The number of amides is 3. The van der Waals surface area contributed by atoms with Gasteiger partial charge in [0.1, 0.15) is 6.04 Å². The molecule has 4 N–H and O–H groups in total. The van der Waals surface area contributed by atoms with Crippen LogP contribution in [0.5, 0.6) is 0 Å². The molecule has 0 unspecified atom stereocenters. The molecule has 0 aliphatic heterocycles. The fourth-order valence-electron chi connectivity index (χ4n) is 0.822. The molecule has 1 atom stereocenters. The molecular formula is C8H15N3O4. The van der Waals surface area contributed by atoms with Crippen LogP contribution in [0.4, 0.5) is 4.79 Å². The highest BCUT2D eigenvalue weighted by Crippen LogP contribution is 1.98. The molecule has 7 heteroatoms. The van der Waals surface area contributed by atoms with Crippen molar-refractivity contribution in [1.82, 2.24) is 10.2 Å². The first-order chi connectivity index (χ1) is 6.84. The zero-order valence-corrected chi connectivity index (χ0v) is 8.69. The van der Waals surface area contributed by atoms with E-state index in [4.69, 9.17) is 10.8 Å². The SMILES string of the molecule is CN(C)C(=O)N[C@H](CCC(N)=O)C(=O)O. The van der Waals surface area contributed by atoms with Gasteiger partial charge in [0.15, 0.2) is 0 Å². The first-order valence-electron chi connectivity index (χ1n) is 4.33. The van der Waals surface area contributed by atoms with E-state index in [1.54, 1.807) is 0 Å². The fraction of sp³-hybridized carbons (Fsp3) is 0.625. The predicted octanol–water partition coefficient (Wildman–Crippen LogP) is -1.02. The van der Waals surface area contributed by atoms with Gasteiger partial charge in [-0.25, -0.2) is 9.59 Å². The Morgan fingerprint density at radius 3 is 2.27 bits per heavy atom. The van der Waals surface area contributed by atoms with E-state index >= 15 is 0 Å². The van der Waals surface area contributed by atoms with Crippen LogP contribution >= 0.6 is 0 Å². The monoisotopic (exact) mass is 217 g/mol. The molecule has 86 valence electrons. The van der Waals surface area contributed by atoms with E-state index in [0.29, 0.717) is 0 Å². The van der Waals surface area contributed by atoms with Crippen molar-refractivity contribution in [3.63, 3.8) is 0 Å². The molecule has 0 spiro atoms. The summed E-state index contributed by atoms with van der Waals surface area (Å²) in [7, 11) is 2.98. The van der Waals surface area contributed by atoms with Crippen LogP contribution in [0.3, 0.4) is 0 Å². The van der Waals surface area contributed by atoms with Crippen LogP contribution < -0.4 is 11.1 Å². The molecule has 0 aromatic heterocycles. The van der Waals surface area contributed by atoms with Gasteiger partial charge in [-0.05, 0) is 6.42 Å². The Morgan fingerprint density at radius 1 is 1.40 bits per heavy atom. The van der Waals surface area contributed by atoms with Crippen LogP contribution in [-0.2, 0) is 9.59 Å². The number of urea groups is 1. The number of carboxylic acids is 1. The number of carbonyl (C=O) groups is 3. The van der Waals surface area contributed by atoms with Crippen molar-refractivity contribution >= 4 is 17.9 Å². The molecule has 0 aliphatic rings. The lowest BCUT2D eigenvalue weighted by Gasteiger charge is -2.17. The molecule has 0 bridgehead atoms. The number of nitrogens with two attached hydrogens (primary N) is 1. The Balaban J connectivity index is 4.22. The summed E-state index contributed by atoms with van der Waals surface area (Å²) in [6.45, 7) is 0. The molecule has 0 saturated carbocycles. The van der Waals surface area contributed by atoms with Crippen molar-refractivity contribution < 1.29 is 19.5 Å². The van der Waals surface area contributed by atoms with Crippen LogP contribution in [0.25, 0.3) is 0 Å². The topological polar surface area (TPSA) is 113 Å². The lowest BCUT2D eigenvalue weighted by Crippen LogP contribution is -2.45. The molecule has 0 heterocycles. The Bertz CT molecular complexity index is 265. The fourth-order valence-corrected chi connectivity index (χ4v) is 0.822. The Kier molecular flexibility index (Phi) is 5.14. The zero-order chi connectivity index (χ0) is 12.0. The third-order valence-corrected chi connectivity index (χ3v) is 1.68. The minimum absolute atomic E-state index is 0.00968. The van der Waals surface area contributed by atoms with Crippen molar-refractivity contribution in [2.24, 2.45) is 5.73 Å². The largest absolute Gasteiger partial charge is 0.480 e. The van der Waals surface area contributed by atoms with Gasteiger partial charge in [-0.1, -0.05) is 0 Å². The van der Waals surface area contributed by atoms with Gasteiger partial charge >= 0.3 is 12.0 Å². The summed E-state index contributed by atoms with van der Waals surface area (Å²) in [5, 5.41) is 11.0. The molecule has 0 aliphatic carbocycles. The summed E-state index contributed by atoms with van der Waals surface area (Å²) >= 11 is 0. The number of aliphatic carboxylic acids is 1. The summed E-state index contributed by atoms with van der Waals surface area (Å²) in [4.78, 5) is 33.5. The van der Waals surface area contributed by atoms with Crippen molar-refractivity contribution in [3.05, 3.63) is 0 Å². The summed E-state index contributed by atoms with van der Waals surface area (Å²) in [5.74, 6) is -1.79. The van der Waals surface area contributed by atoms with Gasteiger partial charge in [0.05, 0.1) is 0 Å². The van der Waals surface area contributed by atoms with Gasteiger partial charge in [-0.2, -0.15) is 0 Å². The van der Waals surface area contributed by atoms with E-state index in [-0.39, 0.29) is 12.8 Å². The Hall–Kier alpha value is -1.79. The van der Waals surface area contributed by atoms with Crippen molar-refractivity contribution in [1.29, 1.82) is 0 Å². The summed E-state index contributed by atoms with van der Waals surface area (Å²) in [6.07, 6.45) is -0.0884. The molecule has 3 amide bonds. The number of carbonyl (C=O) groups excluding carboxylic acids is 2. The van der Waals surface area contributed by atoms with Crippen LogP contribution in [0.15, 0.2) is 0 Å². The number of rotatable bonds is 5. The number of hydrogen-bond donors (Lipinski definition) is 3. The second-order valence-corrected chi connectivity index (χ2v) is 3.24. The van der Waals surface area contributed by atoms with Crippen LogP contribution in [0, 0.1) is 0 Å². The second-order valence-electron chi connectivity index (χ2n) is 3.24. The average Bonchev–Trinajstić information content (AvgIpc) is 2.10. The van der Waals surface area contributed by atoms with Gasteiger partial charge in [0.25, 0.3) is 0 Å². The van der Waals surface area contributed by atoms with Crippen molar-refractivity contribution in [2.75, 3.05) is 14.1 Å². The molecule has 0 fully saturated rings. The molecule has 0 aromatic rings. The molecule has 7 nitrogen and oxygen atoms in total. The van der Waals surface area contributed by atoms with E-state index in [9.17, 15) is 14.4 Å². The van der Waals surface area contributed by atoms with E-state index in [2.05, 4.69) is 5.32 Å². The van der Waals surface area contributed by atoms with Gasteiger partial charge in [0, 0.05) is 20.5 Å². The van der Waals surface area contributed by atoms with Gasteiger partial charge in [-0.15, -0.1) is 0 Å². The number of nitrogens with zero attached hydrogens (tertiary/aromatic N) is 1. The minimum Gasteiger partial charge on any atom is -0.480 e. The van der Waals surface area contributed by atoms with Gasteiger partial charge in [-0.3, -0.25) is 4.79 Å². The number of nitrogens with one attached hydrogen (secondary N) is 1. The predicted molar refractivity (Wildman–Crippen MR) is 52.1 cm³/mol. The van der Waals surface area contributed by atoms with Gasteiger partial charge < -0.3 is 21.1 Å². The van der Waals surface area contributed by atoms with Crippen molar-refractivity contribution in [2.45, 2.75) is 18.9 Å². The van der Waals surface area contributed by atoms with Crippen LogP contribution in [-0.4, -0.2) is 48.1 Å². The van der Waals surface area contributed by atoms with Gasteiger partial charge in [0.2, 0.25) is 5.91 Å². The van der Waals surface area contributed by atoms with Crippen LogP contribution in [0.2, 0.25) is 0 Å². The quantitative estimate of drug-likeness (QED) is 0.546. The lowest BCUT2D eigenvalue weighted by atomic mass is 10.1. The maximum atomic E-state index is 11.1. The maximum Gasteiger partial charge on any atom is 0.326 e. The normalized spacial score (nSPS) is 11.6.